The predicted molar refractivity (Wildman–Crippen MR) is 67.4 cm³/mol. The number of hydrogen-bond acceptors (Lipinski definition) is 1. The van der Waals surface area contributed by atoms with Crippen molar-refractivity contribution < 1.29 is 17.6 Å². The average molecular weight is 286 g/mol. The van der Waals surface area contributed by atoms with Gasteiger partial charge in [-0.15, -0.1) is 11.8 Å². The number of halogens is 4. The Morgan fingerprint density at radius 1 is 0.895 bits per heavy atom. The summed E-state index contributed by atoms with van der Waals surface area (Å²) in [6, 6.07) is 12.5. The Morgan fingerprint density at radius 2 is 1.58 bits per heavy atom. The first-order valence-electron chi connectivity index (χ1n) is 5.51. The van der Waals surface area contributed by atoms with E-state index in [1.165, 1.54) is 12.1 Å². The van der Waals surface area contributed by atoms with Crippen molar-refractivity contribution in [2.45, 2.75) is 16.8 Å². The lowest BCUT2D eigenvalue weighted by atomic mass is 10.2. The molecule has 0 radical (unpaired) electrons. The molecule has 19 heavy (non-hydrogen) atoms. The summed E-state index contributed by atoms with van der Waals surface area (Å²) in [5.41, 5.74) is -0.291. The van der Waals surface area contributed by atoms with Crippen LogP contribution in [0, 0.1) is 5.82 Å². The molecule has 0 atom stereocenters. The van der Waals surface area contributed by atoms with Crippen LogP contribution in [-0.2, 0) is 11.9 Å². The van der Waals surface area contributed by atoms with Crippen LogP contribution in [0.3, 0.4) is 0 Å². The molecule has 0 aromatic heterocycles. The molecular weight excluding hydrogens is 276 g/mol. The highest BCUT2D eigenvalue weighted by atomic mass is 32.2. The largest absolute Gasteiger partial charge is 0.420 e. The summed E-state index contributed by atoms with van der Waals surface area (Å²) in [4.78, 5) is -0.0867. The van der Waals surface area contributed by atoms with Gasteiger partial charge in [0.05, 0.1) is 0 Å². The minimum absolute atomic E-state index is 0.0867. The molecule has 0 fully saturated rings. The first kappa shape index (κ1) is 13.9. The Kier molecular flexibility index (Phi) is 4.14. The topological polar surface area (TPSA) is 0 Å². The molecule has 0 nitrogen and oxygen atoms in total. The van der Waals surface area contributed by atoms with Crippen LogP contribution in [0.5, 0.6) is 0 Å². The fraction of sp³-hybridized carbons (Fsp3) is 0.143. The maximum Gasteiger partial charge on any atom is 0.420 e. The Balaban J connectivity index is 2.24. The lowest BCUT2D eigenvalue weighted by Crippen LogP contribution is -2.09. The van der Waals surface area contributed by atoms with Gasteiger partial charge < -0.3 is 0 Å². The second-order valence-corrected chi connectivity index (χ2v) is 4.90. The van der Waals surface area contributed by atoms with Gasteiger partial charge in [0, 0.05) is 10.6 Å². The van der Waals surface area contributed by atoms with E-state index in [9.17, 15) is 17.6 Å². The van der Waals surface area contributed by atoms with Crippen molar-refractivity contribution in [3.05, 3.63) is 65.5 Å². The lowest BCUT2D eigenvalue weighted by Gasteiger charge is -2.13. The van der Waals surface area contributed by atoms with Crippen molar-refractivity contribution in [1.29, 1.82) is 0 Å². The molecule has 0 unspecified atom stereocenters. The third-order valence-electron chi connectivity index (χ3n) is 2.50. The molecule has 5 heteroatoms. The summed E-state index contributed by atoms with van der Waals surface area (Å²) >= 11 is 0.981. The number of hydrogen-bond donors (Lipinski definition) is 0. The van der Waals surface area contributed by atoms with Gasteiger partial charge in [-0.1, -0.05) is 36.4 Å². The molecular formula is C14H10F4S. The van der Waals surface area contributed by atoms with Gasteiger partial charge in [0.25, 0.3) is 0 Å². The maximum absolute atomic E-state index is 13.3. The summed E-state index contributed by atoms with van der Waals surface area (Å²) in [6.45, 7) is 0. The normalized spacial score (nSPS) is 11.6. The summed E-state index contributed by atoms with van der Waals surface area (Å²) in [5, 5.41) is 0. The van der Waals surface area contributed by atoms with Gasteiger partial charge in [-0.2, -0.15) is 13.2 Å². The highest BCUT2D eigenvalue weighted by molar-refractivity contribution is 7.98. The van der Waals surface area contributed by atoms with Crippen LogP contribution in [-0.4, -0.2) is 0 Å². The van der Waals surface area contributed by atoms with E-state index in [-0.39, 0.29) is 4.90 Å². The predicted octanol–water partition coefficient (Wildman–Crippen LogP) is 5.14. The lowest BCUT2D eigenvalue weighted by molar-refractivity contribution is -0.142. The standard InChI is InChI=1S/C14H10F4S/c15-11-7-4-8-12(13(11)14(16,17)18)19-9-10-5-2-1-3-6-10/h1-8H,9H2. The zero-order valence-corrected chi connectivity index (χ0v) is 10.6. The molecule has 0 spiro atoms. The van der Waals surface area contributed by atoms with Gasteiger partial charge >= 0.3 is 6.18 Å². The quantitative estimate of drug-likeness (QED) is 0.556. The first-order chi connectivity index (χ1) is 8.98. The molecule has 0 N–H and O–H groups in total. The minimum Gasteiger partial charge on any atom is -0.206 e. The molecule has 0 aliphatic carbocycles. The number of rotatable bonds is 3. The second kappa shape index (κ2) is 5.65. The average Bonchev–Trinajstić information content (AvgIpc) is 2.36. The SMILES string of the molecule is Fc1cccc(SCc2ccccc2)c1C(F)(F)F. The molecule has 0 aliphatic rings. The van der Waals surface area contributed by atoms with Gasteiger partial charge in [0.1, 0.15) is 11.4 Å². The molecule has 0 heterocycles. The van der Waals surface area contributed by atoms with E-state index in [1.54, 1.807) is 0 Å². The van der Waals surface area contributed by atoms with E-state index >= 15 is 0 Å². The monoisotopic (exact) mass is 286 g/mol. The van der Waals surface area contributed by atoms with Crippen LogP contribution in [0.25, 0.3) is 0 Å². The summed E-state index contributed by atoms with van der Waals surface area (Å²) < 4.78 is 51.7. The molecule has 100 valence electrons. The van der Waals surface area contributed by atoms with Crippen LogP contribution < -0.4 is 0 Å². The third-order valence-corrected chi connectivity index (χ3v) is 3.62. The van der Waals surface area contributed by atoms with Crippen LogP contribution in [0.15, 0.2) is 53.4 Å². The van der Waals surface area contributed by atoms with Gasteiger partial charge in [-0.25, -0.2) is 4.39 Å². The van der Waals surface area contributed by atoms with Gasteiger partial charge in [-0.3, -0.25) is 0 Å². The highest BCUT2D eigenvalue weighted by Crippen LogP contribution is 2.39. The van der Waals surface area contributed by atoms with Crippen molar-refractivity contribution >= 4 is 11.8 Å². The van der Waals surface area contributed by atoms with Crippen LogP contribution >= 0.6 is 11.8 Å². The molecule has 0 bridgehead atoms. The van der Waals surface area contributed by atoms with Crippen molar-refractivity contribution in [1.82, 2.24) is 0 Å². The molecule has 2 aromatic rings. The summed E-state index contributed by atoms with van der Waals surface area (Å²) in [7, 11) is 0. The van der Waals surface area contributed by atoms with E-state index in [2.05, 4.69) is 0 Å². The number of benzene rings is 2. The smallest absolute Gasteiger partial charge is 0.206 e. The summed E-state index contributed by atoms with van der Waals surface area (Å²) in [6.07, 6.45) is -4.68. The highest BCUT2D eigenvalue weighted by Gasteiger charge is 2.36. The maximum atomic E-state index is 13.3. The van der Waals surface area contributed by atoms with Crippen molar-refractivity contribution in [3.8, 4) is 0 Å². The van der Waals surface area contributed by atoms with Crippen molar-refractivity contribution in [3.63, 3.8) is 0 Å². The first-order valence-corrected chi connectivity index (χ1v) is 6.49. The Morgan fingerprint density at radius 3 is 2.21 bits per heavy atom. The van der Waals surface area contributed by atoms with E-state index in [0.29, 0.717) is 5.75 Å². The molecule has 0 saturated heterocycles. The van der Waals surface area contributed by atoms with E-state index in [0.717, 1.165) is 23.4 Å². The number of alkyl halides is 3. The van der Waals surface area contributed by atoms with Crippen LogP contribution in [0.2, 0.25) is 0 Å². The Bertz CT molecular complexity index is 549. The molecule has 0 saturated carbocycles. The molecule has 0 amide bonds. The van der Waals surface area contributed by atoms with Crippen LogP contribution in [0.1, 0.15) is 11.1 Å². The van der Waals surface area contributed by atoms with Crippen molar-refractivity contribution in [2.75, 3.05) is 0 Å². The van der Waals surface area contributed by atoms with E-state index in [4.69, 9.17) is 0 Å². The molecule has 2 rings (SSSR count). The molecule has 0 aliphatic heterocycles. The molecule has 2 aromatic carbocycles. The van der Waals surface area contributed by atoms with Crippen molar-refractivity contribution in [2.24, 2.45) is 0 Å². The fourth-order valence-corrected chi connectivity index (χ4v) is 2.68. The Hall–Kier alpha value is -1.49. The second-order valence-electron chi connectivity index (χ2n) is 3.89. The minimum atomic E-state index is -4.68. The van der Waals surface area contributed by atoms with Gasteiger partial charge in [0.2, 0.25) is 0 Å². The number of thioether (sulfide) groups is 1. The Labute approximate surface area is 112 Å². The third kappa shape index (κ3) is 3.50. The van der Waals surface area contributed by atoms with Gasteiger partial charge in [0.15, 0.2) is 0 Å². The van der Waals surface area contributed by atoms with E-state index < -0.39 is 17.6 Å². The van der Waals surface area contributed by atoms with Gasteiger partial charge in [-0.05, 0) is 17.7 Å². The zero-order chi connectivity index (χ0) is 13.9. The van der Waals surface area contributed by atoms with Crippen LogP contribution in [0.4, 0.5) is 17.6 Å². The van der Waals surface area contributed by atoms with E-state index in [1.807, 2.05) is 30.3 Å². The summed E-state index contributed by atoms with van der Waals surface area (Å²) in [5.74, 6) is -0.863. The fourth-order valence-electron chi connectivity index (χ4n) is 1.64. The zero-order valence-electron chi connectivity index (χ0n) is 9.75.